The third-order valence-electron chi connectivity index (χ3n) is 5.04. The minimum absolute atomic E-state index is 0.221. The van der Waals surface area contributed by atoms with Crippen LogP contribution in [0.2, 0.25) is 0 Å². The Labute approximate surface area is 185 Å². The molecule has 0 fully saturated rings. The summed E-state index contributed by atoms with van der Waals surface area (Å²) in [4.78, 5) is 26.3. The summed E-state index contributed by atoms with van der Waals surface area (Å²) in [6.07, 6.45) is 1.29. The molecule has 0 aliphatic rings. The molecule has 0 aliphatic heterocycles. The topological polar surface area (TPSA) is 63.6 Å². The molecule has 0 radical (unpaired) electrons. The van der Waals surface area contributed by atoms with E-state index < -0.39 is 17.4 Å². The van der Waals surface area contributed by atoms with E-state index in [9.17, 15) is 14.0 Å². The Kier molecular flexibility index (Phi) is 7.17. The number of halogens is 2. The van der Waals surface area contributed by atoms with Gasteiger partial charge in [-0.15, -0.1) is 11.6 Å². The summed E-state index contributed by atoms with van der Waals surface area (Å²) >= 11 is 5.94. The first kappa shape index (κ1) is 22.6. The van der Waals surface area contributed by atoms with Crippen LogP contribution < -0.4 is 10.1 Å². The standard InChI is InChI=1S/C23H25ClFN3O3/c1-4-27(5-2)23(30)31-20-11-10-19-17(21(20)26-22(29)15(3)24)12-13-28(19)14-16-8-6-7-9-18(16)25/h6-13,15H,4-5,14H2,1-3H3,(H,26,29)/t15-/m1/s1. The minimum atomic E-state index is -0.776. The number of ether oxygens (including phenoxy) is 1. The number of carbonyl (C=O) groups is 2. The van der Waals surface area contributed by atoms with Crippen molar-refractivity contribution in [2.45, 2.75) is 32.7 Å². The maximum Gasteiger partial charge on any atom is 0.415 e. The number of hydrogen-bond acceptors (Lipinski definition) is 3. The molecule has 3 rings (SSSR count). The monoisotopic (exact) mass is 445 g/mol. The number of alkyl halides is 1. The number of hydrogen-bond donors (Lipinski definition) is 1. The third kappa shape index (κ3) is 4.99. The van der Waals surface area contributed by atoms with Crippen molar-refractivity contribution in [3.05, 3.63) is 60.0 Å². The maximum atomic E-state index is 14.1. The van der Waals surface area contributed by atoms with Crippen molar-refractivity contribution in [2.75, 3.05) is 18.4 Å². The molecule has 6 nitrogen and oxygen atoms in total. The molecule has 31 heavy (non-hydrogen) atoms. The Balaban J connectivity index is 2.03. The predicted molar refractivity (Wildman–Crippen MR) is 120 cm³/mol. The zero-order chi connectivity index (χ0) is 22.5. The highest BCUT2D eigenvalue weighted by molar-refractivity contribution is 6.32. The molecule has 2 aromatic carbocycles. The van der Waals surface area contributed by atoms with Crippen LogP contribution >= 0.6 is 11.6 Å². The zero-order valence-corrected chi connectivity index (χ0v) is 18.4. The van der Waals surface area contributed by atoms with Gasteiger partial charge in [0.15, 0.2) is 5.75 Å². The van der Waals surface area contributed by atoms with Gasteiger partial charge >= 0.3 is 6.09 Å². The van der Waals surface area contributed by atoms with Crippen LogP contribution in [-0.2, 0) is 11.3 Å². The number of anilines is 1. The highest BCUT2D eigenvalue weighted by atomic mass is 35.5. The molecule has 1 aromatic heterocycles. The van der Waals surface area contributed by atoms with E-state index in [2.05, 4.69) is 5.32 Å². The highest BCUT2D eigenvalue weighted by Gasteiger charge is 2.21. The summed E-state index contributed by atoms with van der Waals surface area (Å²) in [5, 5.41) is 2.65. The van der Waals surface area contributed by atoms with Crippen molar-refractivity contribution < 1.29 is 18.7 Å². The van der Waals surface area contributed by atoms with E-state index in [0.717, 1.165) is 5.52 Å². The van der Waals surface area contributed by atoms with Gasteiger partial charge in [0, 0.05) is 30.2 Å². The SMILES string of the molecule is CCN(CC)C(=O)Oc1ccc2c(ccn2Cc2ccccc2F)c1NC(=O)[C@@H](C)Cl. The normalized spacial score (nSPS) is 11.9. The number of rotatable bonds is 7. The van der Waals surface area contributed by atoms with Gasteiger partial charge in [0.25, 0.3) is 0 Å². The van der Waals surface area contributed by atoms with Crippen LogP contribution in [-0.4, -0.2) is 39.9 Å². The molecule has 2 amide bonds. The van der Waals surface area contributed by atoms with Gasteiger partial charge in [-0.1, -0.05) is 18.2 Å². The second-order valence-corrected chi connectivity index (χ2v) is 7.71. The van der Waals surface area contributed by atoms with Gasteiger partial charge in [0.1, 0.15) is 11.2 Å². The molecule has 0 bridgehead atoms. The average Bonchev–Trinajstić information content (AvgIpc) is 3.15. The van der Waals surface area contributed by atoms with Crippen LogP contribution in [0.15, 0.2) is 48.7 Å². The van der Waals surface area contributed by atoms with Gasteiger partial charge in [0.05, 0.1) is 17.7 Å². The van der Waals surface area contributed by atoms with E-state index in [-0.39, 0.29) is 11.6 Å². The molecule has 1 heterocycles. The van der Waals surface area contributed by atoms with E-state index in [0.29, 0.717) is 36.3 Å². The lowest BCUT2D eigenvalue weighted by Gasteiger charge is -2.20. The van der Waals surface area contributed by atoms with Crippen LogP contribution in [0, 0.1) is 5.82 Å². The van der Waals surface area contributed by atoms with Gasteiger partial charge in [-0.05, 0) is 45.0 Å². The van der Waals surface area contributed by atoms with E-state index in [1.807, 2.05) is 18.4 Å². The first-order valence-corrected chi connectivity index (χ1v) is 10.6. The third-order valence-corrected chi connectivity index (χ3v) is 5.24. The van der Waals surface area contributed by atoms with Crippen molar-refractivity contribution >= 4 is 40.2 Å². The smallest absolute Gasteiger partial charge is 0.408 e. The van der Waals surface area contributed by atoms with Crippen LogP contribution in [0.3, 0.4) is 0 Å². The van der Waals surface area contributed by atoms with Crippen molar-refractivity contribution in [1.82, 2.24) is 9.47 Å². The lowest BCUT2D eigenvalue weighted by molar-refractivity contribution is -0.115. The summed E-state index contributed by atoms with van der Waals surface area (Å²) in [6.45, 7) is 6.58. The zero-order valence-electron chi connectivity index (χ0n) is 17.7. The first-order valence-electron chi connectivity index (χ1n) is 10.1. The van der Waals surface area contributed by atoms with Crippen LogP contribution in [0.5, 0.6) is 5.75 Å². The molecule has 8 heteroatoms. The number of nitrogens with one attached hydrogen (secondary N) is 1. The molecule has 0 spiro atoms. The maximum absolute atomic E-state index is 14.1. The van der Waals surface area contributed by atoms with Gasteiger partial charge in [0.2, 0.25) is 5.91 Å². The molecule has 0 saturated heterocycles. The summed E-state index contributed by atoms with van der Waals surface area (Å²) in [6, 6.07) is 11.8. The van der Waals surface area contributed by atoms with Gasteiger partial charge in [-0.2, -0.15) is 0 Å². The number of benzene rings is 2. The van der Waals surface area contributed by atoms with Crippen LogP contribution in [0.25, 0.3) is 10.9 Å². The second-order valence-electron chi connectivity index (χ2n) is 7.05. The second kappa shape index (κ2) is 9.83. The van der Waals surface area contributed by atoms with Gasteiger partial charge in [-0.3, -0.25) is 4.79 Å². The lowest BCUT2D eigenvalue weighted by atomic mass is 10.1. The number of nitrogens with zero attached hydrogens (tertiary/aromatic N) is 2. The number of carbonyl (C=O) groups excluding carboxylic acids is 2. The van der Waals surface area contributed by atoms with Crippen molar-refractivity contribution in [1.29, 1.82) is 0 Å². The fourth-order valence-corrected chi connectivity index (χ4v) is 3.33. The number of aromatic nitrogens is 1. The minimum Gasteiger partial charge on any atom is -0.408 e. The number of amides is 2. The molecule has 0 aliphatic carbocycles. The Morgan fingerprint density at radius 1 is 1.16 bits per heavy atom. The van der Waals surface area contributed by atoms with Gasteiger partial charge < -0.3 is 19.5 Å². The molecule has 1 atom stereocenters. The Bertz CT molecular complexity index is 1090. The highest BCUT2D eigenvalue weighted by Crippen LogP contribution is 2.35. The van der Waals surface area contributed by atoms with Crippen molar-refractivity contribution in [2.24, 2.45) is 0 Å². The van der Waals surface area contributed by atoms with Crippen molar-refractivity contribution in [3.8, 4) is 5.75 Å². The number of fused-ring (bicyclic) bond motifs is 1. The Morgan fingerprint density at radius 3 is 2.52 bits per heavy atom. The van der Waals surface area contributed by atoms with E-state index in [1.54, 1.807) is 49.5 Å². The Hall–Kier alpha value is -3.06. The van der Waals surface area contributed by atoms with Crippen LogP contribution in [0.1, 0.15) is 26.3 Å². The molecular weight excluding hydrogens is 421 g/mol. The van der Waals surface area contributed by atoms with Crippen molar-refractivity contribution in [3.63, 3.8) is 0 Å². The fraction of sp³-hybridized carbons (Fsp3) is 0.304. The van der Waals surface area contributed by atoms with E-state index in [4.69, 9.17) is 16.3 Å². The molecular formula is C23H25ClFN3O3. The average molecular weight is 446 g/mol. The molecule has 3 aromatic rings. The largest absolute Gasteiger partial charge is 0.415 e. The molecule has 164 valence electrons. The first-order chi connectivity index (χ1) is 14.8. The van der Waals surface area contributed by atoms with Gasteiger partial charge in [-0.25, -0.2) is 9.18 Å². The Morgan fingerprint density at radius 2 is 1.87 bits per heavy atom. The molecule has 0 unspecified atom stereocenters. The van der Waals surface area contributed by atoms with E-state index in [1.165, 1.54) is 11.0 Å². The summed E-state index contributed by atoms with van der Waals surface area (Å²) < 4.78 is 21.6. The van der Waals surface area contributed by atoms with E-state index >= 15 is 0 Å². The summed E-state index contributed by atoms with van der Waals surface area (Å²) in [7, 11) is 0. The predicted octanol–water partition coefficient (Wildman–Crippen LogP) is 5.24. The summed E-state index contributed by atoms with van der Waals surface area (Å²) in [5.41, 5.74) is 1.64. The summed E-state index contributed by atoms with van der Waals surface area (Å²) in [5.74, 6) is -0.492. The quantitative estimate of drug-likeness (QED) is 0.506. The van der Waals surface area contributed by atoms with Crippen LogP contribution in [0.4, 0.5) is 14.9 Å². The molecule has 0 saturated carbocycles. The fourth-order valence-electron chi connectivity index (χ4n) is 3.28. The lowest BCUT2D eigenvalue weighted by Crippen LogP contribution is -2.33. The molecule has 1 N–H and O–H groups in total.